The first-order valence-electron chi connectivity index (χ1n) is 9.01. The summed E-state index contributed by atoms with van der Waals surface area (Å²) in [6, 6.07) is 6.42. The molecular weight excluding hydrogens is 392 g/mol. The molecule has 29 heavy (non-hydrogen) atoms. The van der Waals surface area contributed by atoms with Gasteiger partial charge in [-0.2, -0.15) is 5.26 Å². The van der Waals surface area contributed by atoms with E-state index in [9.17, 15) is 20.0 Å². The minimum atomic E-state index is -0.633. The number of amides is 1. The third-order valence-electron chi connectivity index (χ3n) is 4.67. The molecule has 0 unspecified atom stereocenters. The highest BCUT2D eigenvalue weighted by Gasteiger charge is 2.27. The van der Waals surface area contributed by atoms with Crippen molar-refractivity contribution in [3.05, 3.63) is 45.3 Å². The van der Waals surface area contributed by atoms with Gasteiger partial charge in [0, 0.05) is 4.88 Å². The molecule has 0 spiro atoms. The summed E-state index contributed by atoms with van der Waals surface area (Å²) in [6.45, 7) is 0. The lowest BCUT2D eigenvalue weighted by molar-refractivity contribution is -0.112. The Morgan fingerprint density at radius 2 is 2.03 bits per heavy atom. The predicted octanol–water partition coefficient (Wildman–Crippen LogP) is 3.67. The lowest BCUT2D eigenvalue weighted by Crippen LogP contribution is -2.16. The minimum absolute atomic E-state index is 0.0992. The van der Waals surface area contributed by atoms with Crippen molar-refractivity contribution in [2.75, 3.05) is 19.5 Å². The Bertz CT molecular complexity index is 1030. The topological polar surface area (TPSA) is 109 Å². The summed E-state index contributed by atoms with van der Waals surface area (Å²) >= 11 is 1.35. The van der Waals surface area contributed by atoms with Gasteiger partial charge in [-0.05, 0) is 55.0 Å². The normalized spacial score (nSPS) is 13.2. The molecular formula is C21H20N2O5S. The summed E-state index contributed by atoms with van der Waals surface area (Å²) in [5.74, 6) is -0.941. The summed E-state index contributed by atoms with van der Waals surface area (Å²) in [5.41, 5.74) is 1.61. The van der Waals surface area contributed by atoms with Crippen LogP contribution in [0.5, 0.6) is 11.5 Å². The lowest BCUT2D eigenvalue weighted by atomic mass is 9.95. The van der Waals surface area contributed by atoms with E-state index in [1.807, 2.05) is 6.07 Å². The molecule has 0 atom stereocenters. The molecule has 7 nitrogen and oxygen atoms in total. The number of benzene rings is 1. The molecule has 2 N–H and O–H groups in total. The fourth-order valence-corrected chi connectivity index (χ4v) is 4.53. The summed E-state index contributed by atoms with van der Waals surface area (Å²) < 4.78 is 9.88. The van der Waals surface area contributed by atoms with Gasteiger partial charge in [0.25, 0.3) is 5.91 Å². The van der Waals surface area contributed by atoms with Crippen molar-refractivity contribution >= 4 is 34.3 Å². The molecule has 0 saturated carbocycles. The first kappa shape index (κ1) is 20.4. The molecule has 1 aliphatic carbocycles. The van der Waals surface area contributed by atoms with Crippen LogP contribution in [-0.4, -0.2) is 31.2 Å². The van der Waals surface area contributed by atoms with Crippen molar-refractivity contribution in [3.63, 3.8) is 0 Å². The number of carbonyl (C=O) groups excluding carboxylic acids is 2. The van der Waals surface area contributed by atoms with Gasteiger partial charge in [0.2, 0.25) is 0 Å². The molecule has 0 bridgehead atoms. The molecule has 1 aliphatic rings. The van der Waals surface area contributed by atoms with E-state index in [2.05, 4.69) is 5.32 Å². The maximum atomic E-state index is 12.7. The first-order valence-corrected chi connectivity index (χ1v) is 9.83. The zero-order chi connectivity index (χ0) is 21.0. The molecule has 1 amide bonds. The predicted molar refractivity (Wildman–Crippen MR) is 109 cm³/mol. The van der Waals surface area contributed by atoms with Gasteiger partial charge in [0.15, 0.2) is 11.5 Å². The van der Waals surface area contributed by atoms with Crippen LogP contribution in [0.4, 0.5) is 5.00 Å². The SMILES string of the molecule is COC(=O)c1c(NC(=O)/C(C#N)=C\c2ccc(OC)c(O)c2)sc2c1CCCC2. The fraction of sp³-hybridized carbons (Fsp3) is 0.286. The number of hydrogen-bond acceptors (Lipinski definition) is 7. The van der Waals surface area contributed by atoms with Gasteiger partial charge in [-0.1, -0.05) is 6.07 Å². The summed E-state index contributed by atoms with van der Waals surface area (Å²) in [6.07, 6.45) is 4.99. The quantitative estimate of drug-likeness (QED) is 0.441. The monoisotopic (exact) mass is 412 g/mol. The van der Waals surface area contributed by atoms with Crippen LogP contribution in [0.15, 0.2) is 23.8 Å². The number of ether oxygens (including phenoxy) is 2. The number of rotatable bonds is 5. The van der Waals surface area contributed by atoms with Gasteiger partial charge in [-0.3, -0.25) is 4.79 Å². The van der Waals surface area contributed by atoms with E-state index in [4.69, 9.17) is 9.47 Å². The number of nitriles is 1. The average Bonchev–Trinajstić information content (AvgIpc) is 3.09. The van der Waals surface area contributed by atoms with Gasteiger partial charge in [-0.25, -0.2) is 4.79 Å². The molecule has 0 fully saturated rings. The zero-order valence-electron chi connectivity index (χ0n) is 16.1. The molecule has 1 heterocycles. The molecule has 1 aromatic heterocycles. The minimum Gasteiger partial charge on any atom is -0.504 e. The van der Waals surface area contributed by atoms with Crippen LogP contribution in [0.1, 0.15) is 39.2 Å². The van der Waals surface area contributed by atoms with Crippen LogP contribution in [-0.2, 0) is 22.4 Å². The van der Waals surface area contributed by atoms with E-state index in [1.165, 1.54) is 43.8 Å². The fourth-order valence-electron chi connectivity index (χ4n) is 3.25. The van der Waals surface area contributed by atoms with Gasteiger partial charge in [-0.15, -0.1) is 11.3 Å². The van der Waals surface area contributed by atoms with Crippen LogP contribution in [0.2, 0.25) is 0 Å². The van der Waals surface area contributed by atoms with Crippen molar-refractivity contribution in [2.45, 2.75) is 25.7 Å². The molecule has 0 aliphatic heterocycles. The number of carbonyl (C=O) groups is 2. The zero-order valence-corrected chi connectivity index (χ0v) is 16.9. The third kappa shape index (κ3) is 4.25. The molecule has 150 valence electrons. The Kier molecular flexibility index (Phi) is 6.20. The van der Waals surface area contributed by atoms with E-state index in [0.29, 0.717) is 16.1 Å². The number of nitrogens with one attached hydrogen (secondary N) is 1. The van der Waals surface area contributed by atoms with E-state index >= 15 is 0 Å². The molecule has 2 aromatic rings. The number of hydrogen-bond donors (Lipinski definition) is 2. The van der Waals surface area contributed by atoms with E-state index in [0.717, 1.165) is 36.1 Å². The second kappa shape index (κ2) is 8.80. The smallest absolute Gasteiger partial charge is 0.341 e. The van der Waals surface area contributed by atoms with Gasteiger partial charge < -0.3 is 19.9 Å². The van der Waals surface area contributed by atoms with Crippen LogP contribution in [0.3, 0.4) is 0 Å². The highest BCUT2D eigenvalue weighted by atomic mass is 32.1. The Labute approximate surface area is 172 Å². The second-order valence-electron chi connectivity index (χ2n) is 6.46. The largest absolute Gasteiger partial charge is 0.504 e. The molecule has 0 radical (unpaired) electrons. The molecule has 3 rings (SSSR count). The van der Waals surface area contributed by atoms with Crippen LogP contribution in [0.25, 0.3) is 6.08 Å². The number of nitrogens with zero attached hydrogens (tertiary/aromatic N) is 1. The van der Waals surface area contributed by atoms with Crippen LogP contribution < -0.4 is 10.1 Å². The van der Waals surface area contributed by atoms with E-state index in [-0.39, 0.29) is 17.1 Å². The Balaban J connectivity index is 1.90. The standard InChI is InChI=1S/C21H20N2O5S/c1-27-16-8-7-12(10-15(16)24)9-13(11-22)19(25)23-20-18(21(26)28-2)14-5-3-4-6-17(14)29-20/h7-10,24H,3-6H2,1-2H3,(H,23,25)/b13-9-. The number of esters is 1. The number of anilines is 1. The number of methoxy groups -OCH3 is 2. The lowest BCUT2D eigenvalue weighted by Gasteiger charge is -2.11. The number of phenolic OH excluding ortho intramolecular Hbond substituents is 1. The van der Waals surface area contributed by atoms with Gasteiger partial charge in [0.1, 0.15) is 16.6 Å². The van der Waals surface area contributed by atoms with Crippen molar-refractivity contribution in [1.82, 2.24) is 0 Å². The Morgan fingerprint density at radius 1 is 1.28 bits per heavy atom. The van der Waals surface area contributed by atoms with Crippen LogP contribution >= 0.6 is 11.3 Å². The third-order valence-corrected chi connectivity index (χ3v) is 5.87. The number of fused-ring (bicyclic) bond motifs is 1. The first-order chi connectivity index (χ1) is 14.0. The average molecular weight is 412 g/mol. The summed E-state index contributed by atoms with van der Waals surface area (Å²) in [4.78, 5) is 26.1. The highest BCUT2D eigenvalue weighted by Crippen LogP contribution is 2.38. The highest BCUT2D eigenvalue weighted by molar-refractivity contribution is 7.17. The molecule has 0 saturated heterocycles. The van der Waals surface area contributed by atoms with Gasteiger partial charge >= 0.3 is 5.97 Å². The Hall–Kier alpha value is -3.31. The second-order valence-corrected chi connectivity index (χ2v) is 7.57. The van der Waals surface area contributed by atoms with Gasteiger partial charge in [0.05, 0.1) is 19.8 Å². The number of aryl methyl sites for hydroxylation is 1. The number of thiophene rings is 1. The maximum Gasteiger partial charge on any atom is 0.341 e. The van der Waals surface area contributed by atoms with Crippen LogP contribution in [0, 0.1) is 11.3 Å². The van der Waals surface area contributed by atoms with Crippen molar-refractivity contribution < 1.29 is 24.2 Å². The summed E-state index contributed by atoms with van der Waals surface area (Å²) in [5, 5.41) is 22.4. The van der Waals surface area contributed by atoms with Crippen molar-refractivity contribution in [2.24, 2.45) is 0 Å². The van der Waals surface area contributed by atoms with E-state index < -0.39 is 11.9 Å². The summed E-state index contributed by atoms with van der Waals surface area (Å²) in [7, 11) is 2.73. The van der Waals surface area contributed by atoms with Crippen molar-refractivity contribution in [1.29, 1.82) is 5.26 Å². The Morgan fingerprint density at radius 3 is 2.69 bits per heavy atom. The number of aromatic hydroxyl groups is 1. The van der Waals surface area contributed by atoms with Crippen molar-refractivity contribution in [3.8, 4) is 17.6 Å². The number of phenols is 1. The van der Waals surface area contributed by atoms with E-state index in [1.54, 1.807) is 6.07 Å². The molecule has 8 heteroatoms. The molecule has 1 aromatic carbocycles. The maximum absolute atomic E-state index is 12.7.